The average Bonchev–Trinajstić information content (AvgIpc) is 2.52. The van der Waals surface area contributed by atoms with Crippen LogP contribution < -0.4 is 10.6 Å². The number of hydrogen-bond acceptors (Lipinski definition) is 5. The van der Waals surface area contributed by atoms with Gasteiger partial charge in [0.15, 0.2) is 0 Å². The topological polar surface area (TPSA) is 56.6 Å². The van der Waals surface area contributed by atoms with Crippen molar-refractivity contribution in [2.45, 2.75) is 59.0 Å². The second-order valence-electron chi connectivity index (χ2n) is 7.03. The van der Waals surface area contributed by atoms with Crippen LogP contribution in [0.2, 0.25) is 0 Å². The highest BCUT2D eigenvalue weighted by molar-refractivity contribution is 8.16. The van der Waals surface area contributed by atoms with Crippen molar-refractivity contribution < 1.29 is 9.47 Å². The van der Waals surface area contributed by atoms with Gasteiger partial charge in [0.05, 0.1) is 6.10 Å². The van der Waals surface area contributed by atoms with Crippen molar-refractivity contribution in [3.63, 3.8) is 0 Å². The van der Waals surface area contributed by atoms with Gasteiger partial charge >= 0.3 is 5.69 Å². The molecule has 0 aliphatic rings. The fourth-order valence-electron chi connectivity index (χ4n) is 3.02. The van der Waals surface area contributed by atoms with Crippen LogP contribution in [0.25, 0.3) is 0 Å². The van der Waals surface area contributed by atoms with E-state index in [1.54, 1.807) is 25.0 Å². The third-order valence-electron chi connectivity index (χ3n) is 4.21. The molecule has 1 heterocycles. The minimum atomic E-state index is -0.296. The molecule has 0 saturated carbocycles. The maximum absolute atomic E-state index is 12.6. The number of nitrogens with zero attached hydrogens (tertiary/aromatic N) is 3. The molecule has 3 atom stereocenters. The standard InChI is InChI=1S/C18H35N3O3S/c1-13(2)21(14(3)4)16-9-10-20(18(22)19-16)17(24-7)12-25(8)11-15(5)23-6/h9-10,13-15,17,25H,11-12H2,1-8H3/t15?,17-/m0/s1. The summed E-state index contributed by atoms with van der Waals surface area (Å²) in [6, 6.07) is 2.46. The molecule has 2 unspecified atom stereocenters. The Labute approximate surface area is 154 Å². The molecule has 1 rings (SSSR count). The van der Waals surface area contributed by atoms with Crippen LogP contribution in [0.5, 0.6) is 0 Å². The van der Waals surface area contributed by atoms with E-state index in [4.69, 9.17) is 9.47 Å². The van der Waals surface area contributed by atoms with Crippen molar-refractivity contribution in [2.24, 2.45) is 0 Å². The van der Waals surface area contributed by atoms with E-state index in [1.165, 1.54) is 0 Å². The molecule has 25 heavy (non-hydrogen) atoms. The largest absolute Gasteiger partial charge is 0.381 e. The number of aromatic nitrogens is 2. The minimum Gasteiger partial charge on any atom is -0.381 e. The third kappa shape index (κ3) is 6.31. The van der Waals surface area contributed by atoms with Crippen molar-refractivity contribution in [2.75, 3.05) is 36.9 Å². The van der Waals surface area contributed by atoms with E-state index in [0.717, 1.165) is 11.5 Å². The summed E-state index contributed by atoms with van der Waals surface area (Å²) in [4.78, 5) is 19.0. The van der Waals surface area contributed by atoms with E-state index in [2.05, 4.69) is 50.8 Å². The van der Waals surface area contributed by atoms with E-state index in [-0.39, 0.29) is 41.0 Å². The van der Waals surface area contributed by atoms with Crippen molar-refractivity contribution in [3.8, 4) is 0 Å². The fraction of sp³-hybridized carbons (Fsp3) is 0.778. The van der Waals surface area contributed by atoms with Crippen molar-refractivity contribution in [1.82, 2.24) is 9.55 Å². The Bertz CT molecular complexity index is 569. The zero-order chi connectivity index (χ0) is 19.1. The van der Waals surface area contributed by atoms with Crippen LogP contribution >= 0.6 is 10.9 Å². The van der Waals surface area contributed by atoms with Gasteiger partial charge in [0, 0.05) is 44.0 Å². The second kappa shape index (κ2) is 10.2. The lowest BCUT2D eigenvalue weighted by Crippen LogP contribution is -2.40. The first-order valence-electron chi connectivity index (χ1n) is 8.82. The lowest BCUT2D eigenvalue weighted by molar-refractivity contribution is 0.0600. The highest BCUT2D eigenvalue weighted by Crippen LogP contribution is 2.27. The second-order valence-corrected chi connectivity index (χ2v) is 9.47. The molecule has 0 aromatic carbocycles. The summed E-state index contributed by atoms with van der Waals surface area (Å²) in [5.74, 6) is 2.51. The summed E-state index contributed by atoms with van der Waals surface area (Å²) < 4.78 is 12.5. The average molecular weight is 374 g/mol. The Morgan fingerprint density at radius 1 is 1.12 bits per heavy atom. The number of anilines is 1. The van der Waals surface area contributed by atoms with Crippen molar-refractivity contribution in [1.29, 1.82) is 0 Å². The number of ether oxygens (including phenoxy) is 2. The molecular weight excluding hydrogens is 338 g/mol. The highest BCUT2D eigenvalue weighted by atomic mass is 32.2. The molecule has 146 valence electrons. The molecule has 0 aliphatic heterocycles. The van der Waals surface area contributed by atoms with Gasteiger partial charge in [0.1, 0.15) is 12.0 Å². The van der Waals surface area contributed by atoms with Gasteiger partial charge in [-0.3, -0.25) is 4.57 Å². The molecule has 0 bridgehead atoms. The molecule has 0 radical (unpaired) electrons. The molecule has 1 aromatic rings. The first kappa shape index (κ1) is 22.0. The summed E-state index contributed by atoms with van der Waals surface area (Å²) in [6.45, 7) is 10.5. The van der Waals surface area contributed by atoms with Gasteiger partial charge < -0.3 is 14.4 Å². The molecule has 0 aliphatic carbocycles. The Hall–Kier alpha value is -1.05. The summed E-state index contributed by atoms with van der Waals surface area (Å²) in [5.41, 5.74) is -0.265. The molecule has 0 fully saturated rings. The van der Waals surface area contributed by atoms with E-state index >= 15 is 0 Å². The monoisotopic (exact) mass is 373 g/mol. The molecular formula is C18H35N3O3S. The van der Waals surface area contributed by atoms with Gasteiger partial charge in [0.2, 0.25) is 0 Å². The molecule has 1 aromatic heterocycles. The van der Waals surface area contributed by atoms with E-state index in [9.17, 15) is 4.79 Å². The number of methoxy groups -OCH3 is 2. The SMILES string of the molecule is COC(C)C[SH](C)C[C@H](OC)n1ccc(N(C(C)C)C(C)C)nc1=O. The van der Waals surface area contributed by atoms with Crippen LogP contribution in [0.15, 0.2) is 17.1 Å². The first-order chi connectivity index (χ1) is 11.7. The summed E-state index contributed by atoms with van der Waals surface area (Å²) in [7, 11) is 3.07. The maximum Gasteiger partial charge on any atom is 0.351 e. The van der Waals surface area contributed by atoms with Crippen LogP contribution in [0, 0.1) is 0 Å². The van der Waals surface area contributed by atoms with Gasteiger partial charge in [-0.1, -0.05) is 0 Å². The van der Waals surface area contributed by atoms with Crippen LogP contribution in [0.3, 0.4) is 0 Å². The van der Waals surface area contributed by atoms with Crippen LogP contribution in [0.1, 0.15) is 40.8 Å². The van der Waals surface area contributed by atoms with Gasteiger partial charge in [-0.05, 0) is 46.9 Å². The Balaban J connectivity index is 2.98. The smallest absolute Gasteiger partial charge is 0.351 e. The van der Waals surface area contributed by atoms with E-state index in [1.807, 2.05) is 6.07 Å². The molecule has 0 saturated heterocycles. The minimum absolute atomic E-state index is 0.219. The number of thiol groups is 1. The fourth-order valence-corrected chi connectivity index (χ4v) is 5.06. The Morgan fingerprint density at radius 2 is 1.72 bits per heavy atom. The zero-order valence-corrected chi connectivity index (χ0v) is 17.8. The Morgan fingerprint density at radius 3 is 2.16 bits per heavy atom. The molecule has 0 amide bonds. The molecule has 6 nitrogen and oxygen atoms in total. The zero-order valence-electron chi connectivity index (χ0n) is 16.9. The molecule has 7 heteroatoms. The van der Waals surface area contributed by atoms with Crippen molar-refractivity contribution in [3.05, 3.63) is 22.7 Å². The number of hydrogen-bond donors (Lipinski definition) is 1. The van der Waals surface area contributed by atoms with Crippen LogP contribution in [-0.4, -0.2) is 59.7 Å². The van der Waals surface area contributed by atoms with Gasteiger partial charge in [-0.2, -0.15) is 4.98 Å². The van der Waals surface area contributed by atoms with Gasteiger partial charge in [-0.15, -0.1) is 0 Å². The predicted molar refractivity (Wildman–Crippen MR) is 108 cm³/mol. The summed E-state index contributed by atoms with van der Waals surface area (Å²) in [5, 5.41) is 0. The van der Waals surface area contributed by atoms with Crippen LogP contribution in [-0.2, 0) is 9.47 Å². The van der Waals surface area contributed by atoms with Gasteiger partial charge in [-0.25, -0.2) is 15.7 Å². The predicted octanol–water partition coefficient (Wildman–Crippen LogP) is 2.68. The summed E-state index contributed by atoms with van der Waals surface area (Å²) in [6.07, 6.45) is 3.94. The maximum atomic E-state index is 12.6. The highest BCUT2D eigenvalue weighted by Gasteiger charge is 2.19. The number of rotatable bonds is 10. The van der Waals surface area contributed by atoms with E-state index in [0.29, 0.717) is 5.82 Å². The third-order valence-corrected chi connectivity index (χ3v) is 6.29. The van der Waals surface area contributed by atoms with Crippen molar-refractivity contribution >= 4 is 16.7 Å². The lowest BCUT2D eigenvalue weighted by atomic mass is 10.2. The van der Waals surface area contributed by atoms with Crippen LogP contribution in [0.4, 0.5) is 5.82 Å². The Kier molecular flexibility index (Phi) is 8.96. The van der Waals surface area contributed by atoms with Gasteiger partial charge in [0.25, 0.3) is 0 Å². The summed E-state index contributed by atoms with van der Waals surface area (Å²) >= 11 is 0. The quantitative estimate of drug-likeness (QED) is 0.639. The molecule has 0 N–H and O–H groups in total. The first-order valence-corrected chi connectivity index (χ1v) is 11.0. The molecule has 0 spiro atoms. The lowest BCUT2D eigenvalue weighted by Gasteiger charge is -2.32. The normalized spacial score (nSPS) is 16.2. The van der Waals surface area contributed by atoms with E-state index < -0.39 is 0 Å².